The number of cyclic esters (lactones) is 1. The van der Waals surface area contributed by atoms with E-state index in [1.54, 1.807) is 0 Å². The summed E-state index contributed by atoms with van der Waals surface area (Å²) in [7, 11) is 0. The summed E-state index contributed by atoms with van der Waals surface area (Å²) in [4.78, 5) is 11.1. The minimum atomic E-state index is -0.195. The third-order valence-corrected chi connectivity index (χ3v) is 4.60. The van der Waals surface area contributed by atoms with Crippen LogP contribution < -0.4 is 0 Å². The predicted molar refractivity (Wildman–Crippen MR) is 63.7 cm³/mol. The first-order chi connectivity index (χ1) is 6.77. The molecule has 0 aromatic rings. The SMILES string of the molecule is CCSC(SCC)[C@H]1CC=CC(=O)O1. The Labute approximate surface area is 93.8 Å². The predicted octanol–water partition coefficient (Wildman–Crippen LogP) is 2.69. The van der Waals surface area contributed by atoms with Crippen LogP contribution in [-0.4, -0.2) is 28.2 Å². The van der Waals surface area contributed by atoms with E-state index in [4.69, 9.17) is 4.74 Å². The number of carbonyl (C=O) groups excluding carboxylic acids is 1. The summed E-state index contributed by atoms with van der Waals surface area (Å²) in [5.41, 5.74) is 0. The molecule has 0 amide bonds. The minimum absolute atomic E-state index is 0.0578. The van der Waals surface area contributed by atoms with Crippen molar-refractivity contribution in [3.8, 4) is 0 Å². The number of thioether (sulfide) groups is 2. The molecule has 0 saturated carbocycles. The van der Waals surface area contributed by atoms with E-state index in [0.29, 0.717) is 4.58 Å². The summed E-state index contributed by atoms with van der Waals surface area (Å²) in [5.74, 6) is 1.94. The van der Waals surface area contributed by atoms with Crippen molar-refractivity contribution in [2.45, 2.75) is 31.0 Å². The van der Waals surface area contributed by atoms with Gasteiger partial charge in [-0.2, -0.15) is 0 Å². The van der Waals surface area contributed by atoms with E-state index < -0.39 is 0 Å². The van der Waals surface area contributed by atoms with Gasteiger partial charge in [0.25, 0.3) is 0 Å². The van der Waals surface area contributed by atoms with Crippen molar-refractivity contribution in [3.05, 3.63) is 12.2 Å². The molecule has 0 bridgehead atoms. The average molecular weight is 232 g/mol. The van der Waals surface area contributed by atoms with Gasteiger partial charge >= 0.3 is 5.97 Å². The minimum Gasteiger partial charge on any atom is -0.457 e. The third kappa shape index (κ3) is 3.58. The number of rotatable bonds is 5. The van der Waals surface area contributed by atoms with E-state index in [0.717, 1.165) is 17.9 Å². The van der Waals surface area contributed by atoms with E-state index in [-0.39, 0.29) is 12.1 Å². The van der Waals surface area contributed by atoms with Crippen molar-refractivity contribution in [1.29, 1.82) is 0 Å². The van der Waals surface area contributed by atoms with Gasteiger partial charge in [0, 0.05) is 12.5 Å². The second kappa shape index (κ2) is 6.40. The molecule has 0 saturated heterocycles. The Morgan fingerprint density at radius 3 is 2.64 bits per heavy atom. The monoisotopic (exact) mass is 232 g/mol. The quantitative estimate of drug-likeness (QED) is 0.538. The molecule has 0 aliphatic carbocycles. The summed E-state index contributed by atoms with van der Waals surface area (Å²) in [5, 5.41) is 0. The molecule has 2 nitrogen and oxygen atoms in total. The molecule has 0 unspecified atom stereocenters. The normalized spacial score (nSPS) is 21.4. The van der Waals surface area contributed by atoms with E-state index in [1.807, 2.05) is 29.6 Å². The number of esters is 1. The Balaban J connectivity index is 2.50. The van der Waals surface area contributed by atoms with Gasteiger partial charge in [-0.1, -0.05) is 19.9 Å². The first-order valence-electron chi connectivity index (χ1n) is 4.88. The average Bonchev–Trinajstić information content (AvgIpc) is 2.17. The molecule has 0 N–H and O–H groups in total. The smallest absolute Gasteiger partial charge is 0.330 e. The molecular weight excluding hydrogens is 216 g/mol. The molecule has 80 valence electrons. The highest BCUT2D eigenvalue weighted by Gasteiger charge is 2.25. The number of hydrogen-bond acceptors (Lipinski definition) is 4. The standard InChI is InChI=1S/C10H16O2S2/c1-3-13-10(14-4-2)8-6-5-7-9(11)12-8/h5,7-8,10H,3-4,6H2,1-2H3/t8-/m1/s1. The van der Waals surface area contributed by atoms with Crippen molar-refractivity contribution in [2.24, 2.45) is 0 Å². The van der Waals surface area contributed by atoms with E-state index in [2.05, 4.69) is 13.8 Å². The molecule has 14 heavy (non-hydrogen) atoms. The van der Waals surface area contributed by atoms with Gasteiger partial charge in [0.2, 0.25) is 0 Å². The van der Waals surface area contributed by atoms with Crippen molar-refractivity contribution < 1.29 is 9.53 Å². The van der Waals surface area contributed by atoms with Crippen LogP contribution in [0.5, 0.6) is 0 Å². The Morgan fingerprint density at radius 1 is 1.50 bits per heavy atom. The Bertz CT molecular complexity index is 210. The molecule has 1 heterocycles. The first-order valence-corrected chi connectivity index (χ1v) is 6.98. The van der Waals surface area contributed by atoms with Crippen LogP contribution in [0.4, 0.5) is 0 Å². The van der Waals surface area contributed by atoms with Gasteiger partial charge in [-0.05, 0) is 11.5 Å². The fourth-order valence-corrected chi connectivity index (χ4v) is 3.91. The van der Waals surface area contributed by atoms with Gasteiger partial charge in [0.15, 0.2) is 0 Å². The first kappa shape index (κ1) is 12.0. The van der Waals surface area contributed by atoms with Crippen LogP contribution in [0.3, 0.4) is 0 Å². The fourth-order valence-electron chi connectivity index (χ4n) is 1.29. The van der Waals surface area contributed by atoms with Gasteiger partial charge < -0.3 is 4.74 Å². The van der Waals surface area contributed by atoms with Crippen LogP contribution in [0.25, 0.3) is 0 Å². The van der Waals surface area contributed by atoms with E-state index in [9.17, 15) is 4.79 Å². The van der Waals surface area contributed by atoms with Gasteiger partial charge in [-0.3, -0.25) is 0 Å². The summed E-state index contributed by atoms with van der Waals surface area (Å²) in [6.45, 7) is 4.27. The zero-order valence-corrected chi connectivity index (χ0v) is 10.2. The second-order valence-electron chi connectivity index (χ2n) is 2.89. The summed E-state index contributed by atoms with van der Waals surface area (Å²) >= 11 is 3.72. The summed E-state index contributed by atoms with van der Waals surface area (Å²) in [6, 6.07) is 0. The van der Waals surface area contributed by atoms with Crippen LogP contribution in [-0.2, 0) is 9.53 Å². The maximum atomic E-state index is 11.1. The molecule has 4 heteroatoms. The van der Waals surface area contributed by atoms with Crippen molar-refractivity contribution in [2.75, 3.05) is 11.5 Å². The summed E-state index contributed by atoms with van der Waals surface area (Å²) < 4.78 is 5.67. The molecule has 1 atom stereocenters. The lowest BCUT2D eigenvalue weighted by molar-refractivity contribution is -0.143. The van der Waals surface area contributed by atoms with Crippen molar-refractivity contribution in [1.82, 2.24) is 0 Å². The van der Waals surface area contributed by atoms with Crippen LogP contribution in [0.15, 0.2) is 12.2 Å². The maximum Gasteiger partial charge on any atom is 0.330 e. The third-order valence-electron chi connectivity index (χ3n) is 1.86. The molecule has 0 spiro atoms. The van der Waals surface area contributed by atoms with Gasteiger partial charge in [-0.25, -0.2) is 4.79 Å². The molecule has 1 rings (SSSR count). The maximum absolute atomic E-state index is 11.1. The van der Waals surface area contributed by atoms with Crippen LogP contribution >= 0.6 is 23.5 Å². The molecule has 0 radical (unpaired) electrons. The zero-order chi connectivity index (χ0) is 10.4. The molecule has 1 aliphatic rings. The highest BCUT2D eigenvalue weighted by molar-refractivity contribution is 8.17. The van der Waals surface area contributed by atoms with E-state index in [1.165, 1.54) is 6.08 Å². The highest BCUT2D eigenvalue weighted by Crippen LogP contribution is 2.31. The Morgan fingerprint density at radius 2 is 2.14 bits per heavy atom. The molecule has 1 aliphatic heterocycles. The lowest BCUT2D eigenvalue weighted by Gasteiger charge is -2.26. The van der Waals surface area contributed by atoms with Crippen molar-refractivity contribution in [3.63, 3.8) is 0 Å². The number of hydrogen-bond donors (Lipinski definition) is 0. The molecular formula is C10H16O2S2. The Hall–Kier alpha value is -0.0900. The van der Waals surface area contributed by atoms with Gasteiger partial charge in [0.05, 0.1) is 4.58 Å². The number of carbonyl (C=O) groups is 1. The van der Waals surface area contributed by atoms with Crippen molar-refractivity contribution >= 4 is 29.5 Å². The highest BCUT2D eigenvalue weighted by atomic mass is 32.2. The van der Waals surface area contributed by atoms with E-state index >= 15 is 0 Å². The Kier molecular flexibility index (Phi) is 5.48. The number of ether oxygens (including phenoxy) is 1. The lowest BCUT2D eigenvalue weighted by atomic mass is 10.2. The van der Waals surface area contributed by atoms with Crippen LogP contribution in [0.2, 0.25) is 0 Å². The molecule has 0 aromatic heterocycles. The lowest BCUT2D eigenvalue weighted by Crippen LogP contribution is -2.28. The van der Waals surface area contributed by atoms with Crippen LogP contribution in [0, 0.1) is 0 Å². The fraction of sp³-hybridized carbons (Fsp3) is 0.700. The van der Waals surface area contributed by atoms with Gasteiger partial charge in [-0.15, -0.1) is 23.5 Å². The largest absolute Gasteiger partial charge is 0.457 e. The molecule has 0 aromatic carbocycles. The molecule has 0 fully saturated rings. The summed E-state index contributed by atoms with van der Waals surface area (Å²) in [6.07, 6.45) is 4.34. The van der Waals surface area contributed by atoms with Crippen LogP contribution in [0.1, 0.15) is 20.3 Å². The second-order valence-corrected chi connectivity index (χ2v) is 6.03. The zero-order valence-electron chi connectivity index (χ0n) is 8.56. The van der Waals surface area contributed by atoms with Gasteiger partial charge in [0.1, 0.15) is 6.10 Å². The topological polar surface area (TPSA) is 26.3 Å².